The molecular formula is C17H21N3OS. The van der Waals surface area contributed by atoms with Crippen molar-refractivity contribution in [2.75, 3.05) is 5.32 Å². The molecule has 0 aliphatic carbocycles. The highest BCUT2D eigenvalue weighted by molar-refractivity contribution is 7.98. The molecule has 0 radical (unpaired) electrons. The Morgan fingerprint density at radius 3 is 2.77 bits per heavy atom. The Bertz CT molecular complexity index is 734. The van der Waals surface area contributed by atoms with E-state index in [0.717, 1.165) is 34.3 Å². The molecule has 2 aromatic rings. The van der Waals surface area contributed by atoms with Crippen LogP contribution in [0.25, 0.3) is 5.69 Å². The average molecular weight is 315 g/mol. The minimum Gasteiger partial charge on any atom is -0.310 e. The zero-order chi connectivity index (χ0) is 15.9. The number of anilines is 1. The fourth-order valence-electron chi connectivity index (χ4n) is 2.62. The third kappa shape index (κ3) is 2.65. The van der Waals surface area contributed by atoms with E-state index in [0.29, 0.717) is 0 Å². The number of nitrogens with zero attached hydrogens (tertiary/aromatic N) is 2. The first-order chi connectivity index (χ1) is 10.5. The topological polar surface area (TPSA) is 46.9 Å². The van der Waals surface area contributed by atoms with Gasteiger partial charge in [0.1, 0.15) is 5.82 Å². The van der Waals surface area contributed by atoms with E-state index in [1.165, 1.54) is 11.1 Å². The summed E-state index contributed by atoms with van der Waals surface area (Å²) in [7, 11) is 0. The highest BCUT2D eigenvalue weighted by Crippen LogP contribution is 2.36. The number of hydrogen-bond acceptors (Lipinski definition) is 3. The van der Waals surface area contributed by atoms with E-state index >= 15 is 0 Å². The maximum Gasteiger partial charge on any atom is 0.228 e. The van der Waals surface area contributed by atoms with Gasteiger partial charge in [-0.15, -0.1) is 0 Å². The number of benzene rings is 1. The minimum atomic E-state index is -0.0489. The van der Waals surface area contributed by atoms with Crippen LogP contribution in [-0.4, -0.2) is 15.7 Å². The van der Waals surface area contributed by atoms with Crippen LogP contribution in [0.4, 0.5) is 5.82 Å². The summed E-state index contributed by atoms with van der Waals surface area (Å²) >= 11 is 1.84. The van der Waals surface area contributed by atoms with Crippen LogP contribution in [-0.2, 0) is 16.3 Å². The average Bonchev–Trinajstić information content (AvgIpc) is 3.01. The number of rotatable bonds is 3. The molecule has 1 amide bonds. The third-order valence-electron chi connectivity index (χ3n) is 3.90. The van der Waals surface area contributed by atoms with Gasteiger partial charge in [-0.1, -0.05) is 31.5 Å². The lowest BCUT2D eigenvalue weighted by Gasteiger charge is -2.14. The van der Waals surface area contributed by atoms with Crippen LogP contribution in [0.2, 0.25) is 0 Å². The van der Waals surface area contributed by atoms with Crippen LogP contribution in [0.15, 0.2) is 18.2 Å². The predicted octanol–water partition coefficient (Wildman–Crippen LogP) is 3.83. The van der Waals surface area contributed by atoms with Crippen molar-refractivity contribution < 1.29 is 4.79 Å². The number of nitrogens with one attached hydrogen (secondary N) is 1. The minimum absolute atomic E-state index is 0.0330. The highest BCUT2D eigenvalue weighted by atomic mass is 32.2. The molecule has 0 saturated carbocycles. The van der Waals surface area contributed by atoms with Gasteiger partial charge in [0.15, 0.2) is 0 Å². The van der Waals surface area contributed by atoms with Crippen molar-refractivity contribution in [1.29, 1.82) is 0 Å². The van der Waals surface area contributed by atoms with E-state index in [1.807, 2.05) is 30.3 Å². The van der Waals surface area contributed by atoms with Crippen LogP contribution < -0.4 is 5.32 Å². The van der Waals surface area contributed by atoms with E-state index < -0.39 is 0 Å². The first-order valence-electron chi connectivity index (χ1n) is 7.54. The molecule has 1 aliphatic rings. The van der Waals surface area contributed by atoms with Crippen LogP contribution in [0, 0.1) is 19.8 Å². The quantitative estimate of drug-likeness (QED) is 0.936. The number of carbonyl (C=O) groups excluding carboxylic acids is 1. The molecule has 5 heteroatoms. The second-order valence-electron chi connectivity index (χ2n) is 6.11. The molecule has 116 valence electrons. The summed E-state index contributed by atoms with van der Waals surface area (Å²) in [6, 6.07) is 6.30. The van der Waals surface area contributed by atoms with Gasteiger partial charge in [0, 0.05) is 23.0 Å². The lowest BCUT2D eigenvalue weighted by Crippen LogP contribution is -2.21. The molecule has 0 fully saturated rings. The molecule has 2 heterocycles. The Hall–Kier alpha value is -1.75. The maximum atomic E-state index is 12.2. The SMILES string of the molecule is Cc1ccc(-n2nc3c(c2NC(=O)C(C)C)CSC3)c(C)c1. The molecule has 4 nitrogen and oxygen atoms in total. The maximum absolute atomic E-state index is 12.2. The highest BCUT2D eigenvalue weighted by Gasteiger charge is 2.25. The van der Waals surface area contributed by atoms with Crippen molar-refractivity contribution in [2.24, 2.45) is 5.92 Å². The molecule has 1 aliphatic heterocycles. The van der Waals surface area contributed by atoms with E-state index in [-0.39, 0.29) is 11.8 Å². The molecule has 1 aromatic heterocycles. The van der Waals surface area contributed by atoms with E-state index in [4.69, 9.17) is 5.10 Å². The summed E-state index contributed by atoms with van der Waals surface area (Å²) in [5.74, 6) is 2.65. The Kier molecular flexibility index (Phi) is 4.00. The van der Waals surface area contributed by atoms with Gasteiger partial charge in [0.2, 0.25) is 5.91 Å². The molecule has 3 rings (SSSR count). The van der Waals surface area contributed by atoms with Crippen molar-refractivity contribution in [2.45, 2.75) is 39.2 Å². The van der Waals surface area contributed by atoms with Crippen molar-refractivity contribution in [3.8, 4) is 5.69 Å². The first-order valence-corrected chi connectivity index (χ1v) is 8.70. The Morgan fingerprint density at radius 2 is 2.09 bits per heavy atom. The van der Waals surface area contributed by atoms with Crippen LogP contribution in [0.1, 0.15) is 36.2 Å². The lowest BCUT2D eigenvalue weighted by atomic mass is 10.1. The van der Waals surface area contributed by atoms with Crippen LogP contribution in [0.3, 0.4) is 0 Å². The van der Waals surface area contributed by atoms with Gasteiger partial charge in [-0.25, -0.2) is 4.68 Å². The van der Waals surface area contributed by atoms with Gasteiger partial charge < -0.3 is 5.32 Å². The summed E-state index contributed by atoms with van der Waals surface area (Å²) in [6.45, 7) is 7.97. The zero-order valence-electron chi connectivity index (χ0n) is 13.4. The number of carbonyl (C=O) groups is 1. The van der Waals surface area contributed by atoms with Crippen molar-refractivity contribution in [3.63, 3.8) is 0 Å². The van der Waals surface area contributed by atoms with E-state index in [1.54, 1.807) is 0 Å². The number of thioether (sulfide) groups is 1. The summed E-state index contributed by atoms with van der Waals surface area (Å²) in [5.41, 5.74) is 5.67. The lowest BCUT2D eigenvalue weighted by molar-refractivity contribution is -0.118. The van der Waals surface area contributed by atoms with Gasteiger partial charge in [0.05, 0.1) is 11.4 Å². The fourth-order valence-corrected chi connectivity index (χ4v) is 3.65. The second kappa shape index (κ2) is 5.80. The first kappa shape index (κ1) is 15.2. The predicted molar refractivity (Wildman–Crippen MR) is 91.5 cm³/mol. The van der Waals surface area contributed by atoms with Crippen molar-refractivity contribution in [3.05, 3.63) is 40.6 Å². The zero-order valence-corrected chi connectivity index (χ0v) is 14.3. The van der Waals surface area contributed by atoms with E-state index in [9.17, 15) is 4.79 Å². The molecule has 0 saturated heterocycles. The van der Waals surface area contributed by atoms with Gasteiger partial charge >= 0.3 is 0 Å². The second-order valence-corrected chi connectivity index (χ2v) is 7.10. The van der Waals surface area contributed by atoms with Gasteiger partial charge in [-0.2, -0.15) is 16.9 Å². The summed E-state index contributed by atoms with van der Waals surface area (Å²) < 4.78 is 1.90. The Balaban J connectivity index is 2.09. The Labute approximate surface area is 135 Å². The van der Waals surface area contributed by atoms with Gasteiger partial charge in [-0.05, 0) is 25.5 Å². The third-order valence-corrected chi connectivity index (χ3v) is 4.87. The number of hydrogen-bond donors (Lipinski definition) is 1. The molecule has 0 spiro atoms. The molecular weight excluding hydrogens is 294 g/mol. The van der Waals surface area contributed by atoms with Gasteiger partial charge in [0.25, 0.3) is 0 Å². The smallest absolute Gasteiger partial charge is 0.228 e. The van der Waals surface area contributed by atoms with Crippen molar-refractivity contribution in [1.82, 2.24) is 9.78 Å². The molecule has 1 N–H and O–H groups in total. The molecule has 0 atom stereocenters. The standard InChI is InChI=1S/C17H21N3OS/c1-10(2)17(21)18-16-13-8-22-9-14(13)19-20(16)15-6-5-11(3)7-12(15)4/h5-7,10H,8-9H2,1-4H3,(H,18,21). The summed E-state index contributed by atoms with van der Waals surface area (Å²) in [4.78, 5) is 12.2. The van der Waals surface area contributed by atoms with Crippen LogP contribution in [0.5, 0.6) is 0 Å². The summed E-state index contributed by atoms with van der Waals surface area (Å²) in [5, 5.41) is 7.82. The fraction of sp³-hybridized carbons (Fsp3) is 0.412. The normalized spacial score (nSPS) is 13.5. The molecule has 0 bridgehead atoms. The number of amides is 1. The number of aryl methyl sites for hydroxylation is 2. The van der Waals surface area contributed by atoms with E-state index in [2.05, 4.69) is 37.4 Å². The number of fused-ring (bicyclic) bond motifs is 1. The van der Waals surface area contributed by atoms with Gasteiger partial charge in [-0.3, -0.25) is 4.79 Å². The summed E-state index contributed by atoms with van der Waals surface area (Å²) in [6.07, 6.45) is 0. The number of aromatic nitrogens is 2. The monoisotopic (exact) mass is 315 g/mol. The molecule has 1 aromatic carbocycles. The van der Waals surface area contributed by atoms with Crippen molar-refractivity contribution >= 4 is 23.5 Å². The molecule has 22 heavy (non-hydrogen) atoms. The Morgan fingerprint density at radius 1 is 1.32 bits per heavy atom. The largest absolute Gasteiger partial charge is 0.310 e. The molecule has 0 unspecified atom stereocenters. The van der Waals surface area contributed by atoms with Crippen LogP contribution >= 0.6 is 11.8 Å².